The molecule has 0 bridgehead atoms. The first kappa shape index (κ1) is 17.4. The van der Waals surface area contributed by atoms with Crippen LogP contribution in [0.15, 0.2) is 48.8 Å². The van der Waals surface area contributed by atoms with Crippen molar-refractivity contribution in [3.05, 3.63) is 60.0 Å². The number of benzene rings is 1. The summed E-state index contributed by atoms with van der Waals surface area (Å²) < 4.78 is 8.14. The van der Waals surface area contributed by atoms with Crippen LogP contribution in [0.1, 0.15) is 23.0 Å². The predicted molar refractivity (Wildman–Crippen MR) is 95.1 cm³/mol. The maximum absolute atomic E-state index is 12.5. The molecule has 0 aliphatic carbocycles. The Kier molecular flexibility index (Phi) is 5.12. The summed E-state index contributed by atoms with van der Waals surface area (Å²) in [4.78, 5) is 24.7. The third-order valence-corrected chi connectivity index (χ3v) is 3.75. The summed E-state index contributed by atoms with van der Waals surface area (Å²) in [5, 5.41) is 11.1. The van der Waals surface area contributed by atoms with E-state index in [1.807, 2.05) is 43.3 Å². The Morgan fingerprint density at radius 3 is 2.58 bits per heavy atom. The SMILES string of the molecule is CCOC(=O)c1cnn(-c2ccccc2)c1NC(=O)Cn1nccc1C. The van der Waals surface area contributed by atoms with Crippen molar-refractivity contribution in [1.82, 2.24) is 19.6 Å². The minimum atomic E-state index is -0.541. The molecular weight excluding hydrogens is 334 g/mol. The molecule has 0 aliphatic rings. The number of nitrogens with zero attached hydrogens (tertiary/aromatic N) is 4. The van der Waals surface area contributed by atoms with Gasteiger partial charge in [-0.3, -0.25) is 9.48 Å². The Bertz CT molecular complexity index is 914. The molecule has 0 saturated carbocycles. The third kappa shape index (κ3) is 3.64. The molecule has 8 nitrogen and oxygen atoms in total. The molecule has 1 N–H and O–H groups in total. The summed E-state index contributed by atoms with van der Waals surface area (Å²) in [6, 6.07) is 11.0. The number of rotatable bonds is 6. The van der Waals surface area contributed by atoms with E-state index in [0.717, 1.165) is 5.69 Å². The lowest BCUT2D eigenvalue weighted by Gasteiger charge is -2.11. The number of ether oxygens (including phenoxy) is 1. The predicted octanol–water partition coefficient (Wildman–Crippen LogP) is 2.19. The molecule has 134 valence electrons. The van der Waals surface area contributed by atoms with Crippen molar-refractivity contribution in [2.75, 3.05) is 11.9 Å². The lowest BCUT2D eigenvalue weighted by Crippen LogP contribution is -2.23. The average Bonchev–Trinajstić information content (AvgIpc) is 3.22. The van der Waals surface area contributed by atoms with E-state index in [-0.39, 0.29) is 30.4 Å². The van der Waals surface area contributed by atoms with Crippen molar-refractivity contribution in [2.24, 2.45) is 0 Å². The van der Waals surface area contributed by atoms with Crippen LogP contribution >= 0.6 is 0 Å². The number of carbonyl (C=O) groups excluding carboxylic acids is 2. The van der Waals surface area contributed by atoms with E-state index in [2.05, 4.69) is 15.5 Å². The highest BCUT2D eigenvalue weighted by molar-refractivity contribution is 6.00. The lowest BCUT2D eigenvalue weighted by atomic mass is 10.3. The van der Waals surface area contributed by atoms with Crippen molar-refractivity contribution in [3.8, 4) is 5.69 Å². The van der Waals surface area contributed by atoms with Crippen molar-refractivity contribution < 1.29 is 14.3 Å². The van der Waals surface area contributed by atoms with Crippen LogP contribution in [0.4, 0.5) is 5.82 Å². The fourth-order valence-corrected chi connectivity index (χ4v) is 2.46. The van der Waals surface area contributed by atoms with Crippen LogP contribution in [-0.4, -0.2) is 38.0 Å². The van der Waals surface area contributed by atoms with Gasteiger partial charge in [-0.05, 0) is 32.0 Å². The maximum Gasteiger partial charge on any atom is 0.343 e. The van der Waals surface area contributed by atoms with Crippen molar-refractivity contribution in [1.29, 1.82) is 0 Å². The number of aryl methyl sites for hydroxylation is 1. The fourth-order valence-electron chi connectivity index (χ4n) is 2.46. The molecule has 0 atom stereocenters. The van der Waals surface area contributed by atoms with Gasteiger partial charge in [0, 0.05) is 11.9 Å². The van der Waals surface area contributed by atoms with Crippen molar-refractivity contribution >= 4 is 17.7 Å². The molecule has 1 amide bonds. The minimum Gasteiger partial charge on any atom is -0.462 e. The number of hydrogen-bond donors (Lipinski definition) is 1. The van der Waals surface area contributed by atoms with Gasteiger partial charge in [0.1, 0.15) is 12.1 Å². The molecule has 2 heterocycles. The molecule has 0 fully saturated rings. The quantitative estimate of drug-likeness (QED) is 0.686. The first-order valence-corrected chi connectivity index (χ1v) is 8.19. The van der Waals surface area contributed by atoms with Gasteiger partial charge >= 0.3 is 5.97 Å². The number of nitrogens with one attached hydrogen (secondary N) is 1. The highest BCUT2D eigenvalue weighted by atomic mass is 16.5. The second-order valence-corrected chi connectivity index (χ2v) is 5.55. The van der Waals surface area contributed by atoms with Gasteiger partial charge in [0.15, 0.2) is 5.82 Å². The number of para-hydroxylation sites is 1. The van der Waals surface area contributed by atoms with E-state index < -0.39 is 5.97 Å². The van der Waals surface area contributed by atoms with Gasteiger partial charge in [0.25, 0.3) is 0 Å². The van der Waals surface area contributed by atoms with E-state index >= 15 is 0 Å². The molecule has 1 aromatic carbocycles. The zero-order chi connectivity index (χ0) is 18.5. The summed E-state index contributed by atoms with van der Waals surface area (Å²) in [6.07, 6.45) is 3.01. The van der Waals surface area contributed by atoms with E-state index in [9.17, 15) is 9.59 Å². The Morgan fingerprint density at radius 1 is 1.15 bits per heavy atom. The number of hydrogen-bond acceptors (Lipinski definition) is 5. The van der Waals surface area contributed by atoms with E-state index in [1.54, 1.807) is 17.8 Å². The highest BCUT2D eigenvalue weighted by Gasteiger charge is 2.21. The zero-order valence-corrected chi connectivity index (χ0v) is 14.5. The van der Waals surface area contributed by atoms with Gasteiger partial charge in [0.05, 0.1) is 18.5 Å². The van der Waals surface area contributed by atoms with Crippen molar-refractivity contribution in [3.63, 3.8) is 0 Å². The van der Waals surface area contributed by atoms with Crippen LogP contribution in [0.25, 0.3) is 5.69 Å². The standard InChI is InChI=1S/C18H19N5O3/c1-3-26-18(25)15-11-20-23(14-7-5-4-6-8-14)17(15)21-16(24)12-22-13(2)9-10-19-22/h4-11H,3,12H2,1-2H3,(H,21,24). The molecular formula is C18H19N5O3. The van der Waals surface area contributed by atoms with Gasteiger partial charge in [-0.1, -0.05) is 18.2 Å². The topological polar surface area (TPSA) is 91.0 Å². The molecule has 2 aromatic heterocycles. The van der Waals surface area contributed by atoms with Gasteiger partial charge in [-0.25, -0.2) is 9.48 Å². The normalized spacial score (nSPS) is 10.5. The molecule has 8 heteroatoms. The van der Waals surface area contributed by atoms with Gasteiger partial charge in [-0.15, -0.1) is 0 Å². The highest BCUT2D eigenvalue weighted by Crippen LogP contribution is 2.21. The first-order chi connectivity index (χ1) is 12.6. The molecule has 3 rings (SSSR count). The van der Waals surface area contributed by atoms with Crippen LogP contribution in [0, 0.1) is 6.92 Å². The summed E-state index contributed by atoms with van der Waals surface area (Å²) in [5.41, 5.74) is 1.78. The number of esters is 1. The monoisotopic (exact) mass is 353 g/mol. The molecule has 0 radical (unpaired) electrons. The summed E-state index contributed by atoms with van der Waals surface area (Å²) in [5.74, 6) is -0.593. The maximum atomic E-state index is 12.5. The Morgan fingerprint density at radius 2 is 1.92 bits per heavy atom. The summed E-state index contributed by atoms with van der Waals surface area (Å²) in [7, 11) is 0. The number of amides is 1. The van der Waals surface area contributed by atoms with Crippen LogP contribution in [0.5, 0.6) is 0 Å². The van der Waals surface area contributed by atoms with Crippen LogP contribution in [0.2, 0.25) is 0 Å². The average molecular weight is 353 g/mol. The van der Waals surface area contributed by atoms with Crippen molar-refractivity contribution in [2.45, 2.75) is 20.4 Å². The number of aromatic nitrogens is 4. The Labute approximate surface area is 150 Å². The molecule has 0 unspecified atom stereocenters. The minimum absolute atomic E-state index is 0.0288. The van der Waals surface area contributed by atoms with Gasteiger partial charge in [-0.2, -0.15) is 10.2 Å². The largest absolute Gasteiger partial charge is 0.462 e. The second-order valence-electron chi connectivity index (χ2n) is 5.55. The fraction of sp³-hybridized carbons (Fsp3) is 0.222. The Balaban J connectivity index is 1.92. The molecule has 0 saturated heterocycles. The molecule has 0 spiro atoms. The third-order valence-electron chi connectivity index (χ3n) is 3.75. The Hall–Kier alpha value is -3.42. The van der Waals surface area contributed by atoms with Crippen LogP contribution in [-0.2, 0) is 16.1 Å². The van der Waals surface area contributed by atoms with Crippen LogP contribution < -0.4 is 5.32 Å². The van der Waals surface area contributed by atoms with E-state index in [0.29, 0.717) is 5.69 Å². The van der Waals surface area contributed by atoms with Gasteiger partial charge in [0.2, 0.25) is 5.91 Å². The number of anilines is 1. The zero-order valence-electron chi connectivity index (χ0n) is 14.5. The second kappa shape index (κ2) is 7.64. The smallest absolute Gasteiger partial charge is 0.343 e. The lowest BCUT2D eigenvalue weighted by molar-refractivity contribution is -0.117. The molecule has 0 aliphatic heterocycles. The summed E-state index contributed by atoms with van der Waals surface area (Å²) in [6.45, 7) is 3.84. The van der Waals surface area contributed by atoms with Crippen LogP contribution in [0.3, 0.4) is 0 Å². The van der Waals surface area contributed by atoms with E-state index in [1.165, 1.54) is 10.9 Å². The van der Waals surface area contributed by atoms with Gasteiger partial charge < -0.3 is 10.1 Å². The van der Waals surface area contributed by atoms with E-state index in [4.69, 9.17) is 4.74 Å². The molecule has 3 aromatic rings. The number of carbonyl (C=O) groups is 2. The first-order valence-electron chi connectivity index (χ1n) is 8.19. The molecule has 26 heavy (non-hydrogen) atoms. The summed E-state index contributed by atoms with van der Waals surface area (Å²) >= 11 is 0.